The Labute approximate surface area is 93.1 Å². The van der Waals surface area contributed by atoms with E-state index in [0.717, 1.165) is 16.5 Å². The summed E-state index contributed by atoms with van der Waals surface area (Å²) in [5.74, 6) is 0. The van der Waals surface area contributed by atoms with Crippen molar-refractivity contribution in [3.8, 4) is 0 Å². The Hall–Kier alpha value is -1.09. The van der Waals surface area contributed by atoms with Gasteiger partial charge in [-0.25, -0.2) is 0 Å². The van der Waals surface area contributed by atoms with E-state index < -0.39 is 0 Å². The molecule has 0 unspecified atom stereocenters. The van der Waals surface area contributed by atoms with Gasteiger partial charge in [0.15, 0.2) is 0 Å². The molecule has 0 aliphatic heterocycles. The molecule has 2 aromatic rings. The summed E-state index contributed by atoms with van der Waals surface area (Å²) < 4.78 is 3.83. The van der Waals surface area contributed by atoms with Gasteiger partial charge >= 0.3 is 0 Å². The molecule has 1 N–H and O–H groups in total. The Kier molecular flexibility index (Phi) is 3.21. The number of hydrogen-bond donors (Lipinski definition) is 1. The number of fused-ring (bicyclic) bond motifs is 1. The Morgan fingerprint density at radius 1 is 1.33 bits per heavy atom. The Morgan fingerprint density at radius 3 is 3.00 bits per heavy atom. The topological polar surface area (TPSA) is 32.9 Å². The van der Waals surface area contributed by atoms with Gasteiger partial charge in [-0.2, -0.15) is 0 Å². The van der Waals surface area contributed by atoms with Gasteiger partial charge in [-0.3, -0.25) is 9.17 Å². The first-order chi connectivity index (χ1) is 7.31. The quantitative estimate of drug-likeness (QED) is 0.789. The van der Waals surface area contributed by atoms with Crippen molar-refractivity contribution in [3.05, 3.63) is 34.1 Å². The fourth-order valence-electron chi connectivity index (χ4n) is 1.73. The predicted molar refractivity (Wildman–Crippen MR) is 65.7 cm³/mol. The van der Waals surface area contributed by atoms with Crippen LogP contribution in [0.2, 0.25) is 0 Å². The number of hydrogen-bond acceptors (Lipinski definition) is 2. The number of benzene rings is 1. The Balaban J connectivity index is 2.20. The smallest absolute Gasteiger partial charge is 0.265 e. The van der Waals surface area contributed by atoms with Crippen LogP contribution in [-0.2, 0) is 6.42 Å². The third-order valence-electron chi connectivity index (χ3n) is 2.61. The zero-order valence-electron chi connectivity index (χ0n) is 8.88. The predicted octanol–water partition coefficient (Wildman–Crippen LogP) is 3.32. The molecular formula is C12H15NOS. The molecule has 0 atom stereocenters. The number of aromatic nitrogens is 1. The van der Waals surface area contributed by atoms with E-state index in [9.17, 15) is 4.79 Å². The van der Waals surface area contributed by atoms with Gasteiger partial charge < -0.3 is 0 Å². The highest BCUT2D eigenvalue weighted by atomic mass is 32.1. The van der Waals surface area contributed by atoms with E-state index in [1.165, 1.54) is 36.4 Å². The van der Waals surface area contributed by atoms with E-state index in [4.69, 9.17) is 0 Å². The van der Waals surface area contributed by atoms with Gasteiger partial charge in [-0.1, -0.05) is 37.4 Å². The van der Waals surface area contributed by atoms with E-state index in [1.54, 1.807) is 0 Å². The summed E-state index contributed by atoms with van der Waals surface area (Å²) in [6.07, 6.45) is 4.89. The molecule has 1 aromatic heterocycles. The van der Waals surface area contributed by atoms with Crippen molar-refractivity contribution < 1.29 is 0 Å². The highest BCUT2D eigenvalue weighted by Gasteiger charge is 2.01. The Bertz CT molecular complexity index is 498. The van der Waals surface area contributed by atoms with Crippen LogP contribution < -0.4 is 5.56 Å². The second-order valence-corrected chi connectivity index (χ2v) is 4.67. The first kappa shape index (κ1) is 10.4. The summed E-state index contributed by atoms with van der Waals surface area (Å²) in [7, 11) is 0. The van der Waals surface area contributed by atoms with Gasteiger partial charge in [0.1, 0.15) is 0 Å². The van der Waals surface area contributed by atoms with Gasteiger partial charge in [0.2, 0.25) is 0 Å². The summed E-state index contributed by atoms with van der Waals surface area (Å²) in [6, 6.07) is 6.14. The van der Waals surface area contributed by atoms with Crippen molar-refractivity contribution in [1.82, 2.24) is 4.37 Å². The molecule has 0 amide bonds. The summed E-state index contributed by atoms with van der Waals surface area (Å²) in [5, 5.41) is 0.819. The summed E-state index contributed by atoms with van der Waals surface area (Å²) in [6.45, 7) is 2.21. The highest BCUT2D eigenvalue weighted by Crippen LogP contribution is 2.17. The van der Waals surface area contributed by atoms with Crippen LogP contribution in [0.4, 0.5) is 0 Å². The fraction of sp³-hybridized carbons (Fsp3) is 0.417. The lowest BCUT2D eigenvalue weighted by molar-refractivity contribution is 0.718. The number of rotatable bonds is 4. The zero-order valence-corrected chi connectivity index (χ0v) is 9.69. The van der Waals surface area contributed by atoms with Gasteiger partial charge in [0, 0.05) is 0 Å². The molecule has 1 heterocycles. The minimum absolute atomic E-state index is 0.0371. The molecule has 2 rings (SSSR count). The minimum atomic E-state index is 0.0371. The summed E-state index contributed by atoms with van der Waals surface area (Å²) in [5.41, 5.74) is 1.38. The van der Waals surface area contributed by atoms with Crippen molar-refractivity contribution in [2.75, 3.05) is 0 Å². The average molecular weight is 221 g/mol. The van der Waals surface area contributed by atoms with Crippen LogP contribution >= 0.6 is 11.5 Å². The average Bonchev–Trinajstić information content (AvgIpc) is 2.61. The van der Waals surface area contributed by atoms with E-state index in [-0.39, 0.29) is 5.56 Å². The van der Waals surface area contributed by atoms with Gasteiger partial charge in [-0.05, 0) is 30.5 Å². The molecule has 0 bridgehead atoms. The van der Waals surface area contributed by atoms with Crippen molar-refractivity contribution in [3.63, 3.8) is 0 Å². The maximum Gasteiger partial charge on any atom is 0.265 e. The lowest BCUT2D eigenvalue weighted by Crippen LogP contribution is -1.96. The lowest BCUT2D eigenvalue weighted by Gasteiger charge is -1.99. The van der Waals surface area contributed by atoms with Crippen LogP contribution in [0, 0.1) is 0 Å². The zero-order chi connectivity index (χ0) is 10.7. The third kappa shape index (κ3) is 2.29. The van der Waals surface area contributed by atoms with Gasteiger partial charge in [-0.15, -0.1) is 0 Å². The van der Waals surface area contributed by atoms with E-state index >= 15 is 0 Å². The molecule has 1 aromatic carbocycles. The first-order valence-corrected chi connectivity index (χ1v) is 6.23. The van der Waals surface area contributed by atoms with Crippen LogP contribution in [0.5, 0.6) is 0 Å². The maximum absolute atomic E-state index is 11.3. The van der Waals surface area contributed by atoms with Crippen molar-refractivity contribution in [2.24, 2.45) is 0 Å². The molecule has 80 valence electrons. The summed E-state index contributed by atoms with van der Waals surface area (Å²) >= 11 is 1.43. The van der Waals surface area contributed by atoms with E-state index in [2.05, 4.69) is 23.4 Å². The van der Waals surface area contributed by atoms with Crippen molar-refractivity contribution in [1.29, 1.82) is 0 Å². The molecule has 0 aliphatic carbocycles. The first-order valence-electron chi connectivity index (χ1n) is 5.41. The van der Waals surface area contributed by atoms with Gasteiger partial charge in [0.05, 0.1) is 10.1 Å². The molecule has 0 aliphatic rings. The summed E-state index contributed by atoms with van der Waals surface area (Å²) in [4.78, 5) is 11.3. The van der Waals surface area contributed by atoms with Crippen molar-refractivity contribution in [2.45, 2.75) is 32.6 Å². The molecule has 0 radical (unpaired) electrons. The van der Waals surface area contributed by atoms with Crippen molar-refractivity contribution >= 4 is 21.6 Å². The SMILES string of the molecule is CCCCCc1ccc2c(=O)[nH]sc2c1. The number of H-pyrrole nitrogens is 1. The fourth-order valence-corrected chi connectivity index (χ4v) is 2.52. The number of unbranched alkanes of at least 4 members (excludes halogenated alkanes) is 2. The van der Waals surface area contributed by atoms with Crippen LogP contribution in [0.1, 0.15) is 31.7 Å². The number of aryl methyl sites for hydroxylation is 1. The molecule has 0 spiro atoms. The van der Waals surface area contributed by atoms with E-state index in [1.807, 2.05) is 6.07 Å². The monoisotopic (exact) mass is 221 g/mol. The normalized spacial score (nSPS) is 11.0. The van der Waals surface area contributed by atoms with Gasteiger partial charge in [0.25, 0.3) is 5.56 Å². The molecule has 0 fully saturated rings. The van der Waals surface area contributed by atoms with Crippen LogP contribution in [0.3, 0.4) is 0 Å². The van der Waals surface area contributed by atoms with Crippen LogP contribution in [0.25, 0.3) is 10.1 Å². The molecule has 0 saturated heterocycles. The molecule has 15 heavy (non-hydrogen) atoms. The second-order valence-electron chi connectivity index (χ2n) is 3.82. The number of aromatic amines is 1. The standard InChI is InChI=1S/C12H15NOS/c1-2-3-4-5-9-6-7-10-11(8-9)15-13-12(10)14/h6-8H,2-5H2,1H3,(H,13,14). The highest BCUT2D eigenvalue weighted by molar-refractivity contribution is 7.13. The molecule has 3 heteroatoms. The van der Waals surface area contributed by atoms with Crippen LogP contribution in [0.15, 0.2) is 23.0 Å². The maximum atomic E-state index is 11.3. The molecule has 0 saturated carbocycles. The lowest BCUT2D eigenvalue weighted by atomic mass is 10.1. The Morgan fingerprint density at radius 2 is 2.20 bits per heavy atom. The number of nitrogens with one attached hydrogen (secondary N) is 1. The third-order valence-corrected chi connectivity index (χ3v) is 3.46. The minimum Gasteiger partial charge on any atom is -0.277 e. The molecular weight excluding hydrogens is 206 g/mol. The molecule has 2 nitrogen and oxygen atoms in total. The largest absolute Gasteiger partial charge is 0.277 e. The van der Waals surface area contributed by atoms with E-state index in [0.29, 0.717) is 0 Å². The second kappa shape index (κ2) is 4.62. The van der Waals surface area contributed by atoms with Crippen LogP contribution in [-0.4, -0.2) is 4.37 Å².